The minimum atomic E-state index is -3.88. The molecule has 0 aliphatic carbocycles. The van der Waals surface area contributed by atoms with Gasteiger partial charge in [0.1, 0.15) is 5.82 Å². The summed E-state index contributed by atoms with van der Waals surface area (Å²) in [7, 11) is -3.88. The number of hydrogen-bond acceptors (Lipinski definition) is 7. The van der Waals surface area contributed by atoms with Crippen molar-refractivity contribution in [2.24, 2.45) is 0 Å². The molecule has 3 heterocycles. The summed E-state index contributed by atoms with van der Waals surface area (Å²) in [5.41, 5.74) is 2.90. The Morgan fingerprint density at radius 3 is 2.53 bits per heavy atom. The molecule has 0 atom stereocenters. The van der Waals surface area contributed by atoms with E-state index in [9.17, 15) is 8.42 Å². The van der Waals surface area contributed by atoms with Crippen LogP contribution in [-0.2, 0) is 29.5 Å². The molecule has 2 aromatic carbocycles. The molecule has 3 aromatic rings. The summed E-state index contributed by atoms with van der Waals surface area (Å²) in [6.45, 7) is 6.03. The molecular weight excluding hydrogens is 496 g/mol. The van der Waals surface area contributed by atoms with Crippen LogP contribution >= 0.6 is 11.6 Å². The predicted molar refractivity (Wildman–Crippen MR) is 143 cm³/mol. The number of benzene rings is 2. The Morgan fingerprint density at radius 2 is 1.75 bits per heavy atom. The van der Waals surface area contributed by atoms with Crippen LogP contribution in [0.4, 0.5) is 11.8 Å². The smallest absolute Gasteiger partial charge is 0.263 e. The van der Waals surface area contributed by atoms with Crippen LogP contribution in [0.3, 0.4) is 0 Å². The van der Waals surface area contributed by atoms with Crippen LogP contribution in [0.15, 0.2) is 59.5 Å². The van der Waals surface area contributed by atoms with E-state index in [1.54, 1.807) is 12.1 Å². The zero-order chi connectivity index (χ0) is 25.0. The first kappa shape index (κ1) is 25.0. The van der Waals surface area contributed by atoms with Gasteiger partial charge >= 0.3 is 0 Å². The van der Waals surface area contributed by atoms with Gasteiger partial charge in [-0.05, 0) is 49.7 Å². The molecular formula is C26H31ClN6O2S. The number of fused-ring (bicyclic) bond motifs is 1. The van der Waals surface area contributed by atoms with Crippen LogP contribution in [0.2, 0.25) is 5.02 Å². The fraction of sp³-hybridized carbons (Fsp3) is 0.385. The number of anilines is 2. The van der Waals surface area contributed by atoms with Crippen LogP contribution in [-0.4, -0.2) is 60.9 Å². The molecule has 190 valence electrons. The van der Waals surface area contributed by atoms with Crippen molar-refractivity contribution in [2.45, 2.75) is 37.2 Å². The second kappa shape index (κ2) is 11.1. The van der Waals surface area contributed by atoms with Crippen molar-refractivity contribution >= 4 is 33.4 Å². The van der Waals surface area contributed by atoms with Gasteiger partial charge in [0.25, 0.3) is 10.0 Å². The summed E-state index contributed by atoms with van der Waals surface area (Å²) in [6.07, 6.45) is 3.20. The molecule has 2 aliphatic heterocycles. The van der Waals surface area contributed by atoms with Crippen molar-refractivity contribution in [1.29, 1.82) is 0 Å². The van der Waals surface area contributed by atoms with Gasteiger partial charge in [0, 0.05) is 49.7 Å². The van der Waals surface area contributed by atoms with Gasteiger partial charge in [-0.15, -0.1) is 0 Å². The molecule has 0 spiro atoms. The van der Waals surface area contributed by atoms with E-state index in [-0.39, 0.29) is 4.90 Å². The summed E-state index contributed by atoms with van der Waals surface area (Å²) in [5, 5.41) is 3.68. The molecule has 0 saturated carbocycles. The summed E-state index contributed by atoms with van der Waals surface area (Å²) in [6, 6.07) is 16.5. The summed E-state index contributed by atoms with van der Waals surface area (Å²) < 4.78 is 29.2. The highest BCUT2D eigenvalue weighted by Crippen LogP contribution is 2.28. The number of hydrogen-bond donors (Lipinski definition) is 2. The van der Waals surface area contributed by atoms with E-state index < -0.39 is 10.0 Å². The molecule has 0 unspecified atom stereocenters. The zero-order valence-corrected chi connectivity index (χ0v) is 21.7. The Kier molecular flexibility index (Phi) is 7.71. The lowest BCUT2D eigenvalue weighted by Crippen LogP contribution is -2.33. The maximum Gasteiger partial charge on any atom is 0.263 e. The second-order valence-electron chi connectivity index (χ2n) is 9.31. The quantitative estimate of drug-likeness (QED) is 0.435. The fourth-order valence-corrected chi connectivity index (χ4v) is 6.10. The van der Waals surface area contributed by atoms with Crippen LogP contribution in [0, 0.1) is 0 Å². The molecule has 0 radical (unpaired) electrons. The van der Waals surface area contributed by atoms with Crippen molar-refractivity contribution in [3.63, 3.8) is 0 Å². The first-order valence-corrected chi connectivity index (χ1v) is 14.2. The molecule has 5 rings (SSSR count). The Morgan fingerprint density at radius 1 is 0.944 bits per heavy atom. The molecule has 10 heteroatoms. The monoisotopic (exact) mass is 526 g/mol. The number of halogens is 1. The SMILES string of the molecule is O=S(=O)(Nc1nc(NCCN2CCCC2)nc2c1CN(Cc1ccccc1)CC2)c1cccc(Cl)c1. The first-order chi connectivity index (χ1) is 17.5. The third-order valence-electron chi connectivity index (χ3n) is 6.64. The van der Waals surface area contributed by atoms with Crippen LogP contribution in [0.5, 0.6) is 0 Å². The van der Waals surface area contributed by atoms with Crippen molar-refractivity contribution in [2.75, 3.05) is 42.8 Å². The summed E-state index contributed by atoms with van der Waals surface area (Å²) in [4.78, 5) is 14.2. The van der Waals surface area contributed by atoms with Crippen molar-refractivity contribution in [1.82, 2.24) is 19.8 Å². The normalized spacial score (nSPS) is 16.6. The lowest BCUT2D eigenvalue weighted by Gasteiger charge is -2.29. The molecule has 36 heavy (non-hydrogen) atoms. The molecule has 1 fully saturated rings. The van der Waals surface area contributed by atoms with E-state index in [2.05, 4.69) is 37.0 Å². The van der Waals surface area contributed by atoms with Crippen LogP contribution in [0.1, 0.15) is 29.7 Å². The molecule has 2 aliphatic rings. The van der Waals surface area contributed by atoms with E-state index in [0.29, 0.717) is 29.9 Å². The number of nitrogens with zero attached hydrogens (tertiary/aromatic N) is 4. The average molecular weight is 527 g/mol. The maximum absolute atomic E-state index is 13.2. The largest absolute Gasteiger partial charge is 0.353 e. The lowest BCUT2D eigenvalue weighted by atomic mass is 10.1. The Bertz CT molecular complexity index is 1300. The molecule has 2 N–H and O–H groups in total. The van der Waals surface area contributed by atoms with E-state index in [0.717, 1.165) is 50.4 Å². The van der Waals surface area contributed by atoms with E-state index in [1.165, 1.54) is 30.5 Å². The summed E-state index contributed by atoms with van der Waals surface area (Å²) >= 11 is 6.06. The third-order valence-corrected chi connectivity index (χ3v) is 8.21. The molecule has 0 amide bonds. The predicted octanol–water partition coefficient (Wildman–Crippen LogP) is 4.00. The van der Waals surface area contributed by atoms with Gasteiger partial charge in [-0.3, -0.25) is 9.62 Å². The van der Waals surface area contributed by atoms with Crippen LogP contribution in [0.25, 0.3) is 0 Å². The van der Waals surface area contributed by atoms with E-state index in [4.69, 9.17) is 16.6 Å². The molecule has 1 saturated heterocycles. The molecule has 0 bridgehead atoms. The van der Waals surface area contributed by atoms with E-state index >= 15 is 0 Å². The highest BCUT2D eigenvalue weighted by Gasteiger charge is 2.26. The Hall–Kier alpha value is -2.72. The minimum absolute atomic E-state index is 0.0999. The second-order valence-corrected chi connectivity index (χ2v) is 11.4. The van der Waals surface area contributed by atoms with Gasteiger partial charge in [-0.25, -0.2) is 13.4 Å². The van der Waals surface area contributed by atoms with Gasteiger partial charge < -0.3 is 10.2 Å². The Balaban J connectivity index is 1.40. The van der Waals surface area contributed by atoms with Gasteiger partial charge in [0.2, 0.25) is 5.95 Å². The highest BCUT2D eigenvalue weighted by molar-refractivity contribution is 7.92. The number of rotatable bonds is 9. The summed E-state index contributed by atoms with van der Waals surface area (Å²) in [5.74, 6) is 0.773. The Labute approximate surface area is 217 Å². The minimum Gasteiger partial charge on any atom is -0.353 e. The van der Waals surface area contributed by atoms with Gasteiger partial charge in [-0.1, -0.05) is 48.0 Å². The number of nitrogens with one attached hydrogen (secondary N) is 2. The lowest BCUT2D eigenvalue weighted by molar-refractivity contribution is 0.243. The topological polar surface area (TPSA) is 90.5 Å². The zero-order valence-electron chi connectivity index (χ0n) is 20.2. The van der Waals surface area contributed by atoms with E-state index in [1.807, 2.05) is 18.2 Å². The van der Waals surface area contributed by atoms with Gasteiger partial charge in [-0.2, -0.15) is 4.98 Å². The third kappa shape index (κ3) is 6.15. The number of aromatic nitrogens is 2. The van der Waals surface area contributed by atoms with Crippen molar-refractivity contribution in [3.05, 3.63) is 76.4 Å². The van der Waals surface area contributed by atoms with Gasteiger partial charge in [0.15, 0.2) is 0 Å². The van der Waals surface area contributed by atoms with Crippen molar-refractivity contribution < 1.29 is 8.42 Å². The van der Waals surface area contributed by atoms with Crippen molar-refractivity contribution in [3.8, 4) is 0 Å². The standard InChI is InChI=1S/C26H31ClN6O2S/c27-21-9-6-10-22(17-21)36(34,35)31-25-23-19-33(18-20-7-2-1-3-8-20)15-11-24(23)29-26(30-25)28-12-16-32-13-4-5-14-32/h1-3,6-10,17H,4-5,11-16,18-19H2,(H2,28,29,30,31). The number of sulfonamides is 1. The van der Waals surface area contributed by atoms with Gasteiger partial charge in [0.05, 0.1) is 10.6 Å². The first-order valence-electron chi connectivity index (χ1n) is 12.4. The fourth-order valence-electron chi connectivity index (χ4n) is 4.76. The molecule has 1 aromatic heterocycles. The maximum atomic E-state index is 13.2. The average Bonchev–Trinajstić information content (AvgIpc) is 3.38. The van der Waals surface area contributed by atoms with Crippen LogP contribution < -0.4 is 10.0 Å². The number of likely N-dealkylation sites (tertiary alicyclic amines) is 1. The molecule has 8 nitrogen and oxygen atoms in total. The highest BCUT2D eigenvalue weighted by atomic mass is 35.5.